The van der Waals surface area contributed by atoms with E-state index >= 15 is 0 Å². The van der Waals surface area contributed by atoms with Gasteiger partial charge in [-0.1, -0.05) is 26.0 Å². The van der Waals surface area contributed by atoms with Gasteiger partial charge in [0, 0.05) is 23.5 Å². The molecule has 0 bridgehead atoms. The summed E-state index contributed by atoms with van der Waals surface area (Å²) in [5.74, 6) is 1.03. The molecule has 1 heterocycles. The van der Waals surface area contributed by atoms with Crippen LogP contribution in [0.2, 0.25) is 0 Å². The minimum atomic E-state index is 0.409. The van der Waals surface area contributed by atoms with Crippen LogP contribution < -0.4 is 11.1 Å². The van der Waals surface area contributed by atoms with Crippen LogP contribution in [0.1, 0.15) is 25.0 Å². The lowest BCUT2D eigenvalue weighted by molar-refractivity contribution is 1.17. The summed E-state index contributed by atoms with van der Waals surface area (Å²) in [6.07, 6.45) is 2.70. The largest absolute Gasteiger partial charge is 0.384 e. The van der Waals surface area contributed by atoms with Crippen molar-refractivity contribution in [1.29, 1.82) is 5.41 Å². The van der Waals surface area contributed by atoms with Crippen LogP contribution in [0.25, 0.3) is 0 Å². The van der Waals surface area contributed by atoms with Gasteiger partial charge in [-0.05, 0) is 18.6 Å². The lowest BCUT2D eigenvalue weighted by atomic mass is 10.1. The van der Waals surface area contributed by atoms with Crippen LogP contribution in [0, 0.1) is 12.3 Å². The van der Waals surface area contributed by atoms with Crippen molar-refractivity contribution in [2.24, 2.45) is 0 Å². The molecule has 0 spiro atoms. The molecule has 0 unspecified atom stereocenters. The summed E-state index contributed by atoms with van der Waals surface area (Å²) in [5.41, 5.74) is 8.32. The van der Waals surface area contributed by atoms with Crippen LogP contribution in [-0.2, 0) is 0 Å². The number of hydrogen-bond acceptors (Lipinski definition) is 5. The summed E-state index contributed by atoms with van der Waals surface area (Å²) in [4.78, 5) is 7.89. The Morgan fingerprint density at radius 2 is 1.95 bits per heavy atom. The second-order valence-corrected chi connectivity index (χ2v) is 3.69. The Morgan fingerprint density at radius 1 is 1.21 bits per heavy atom. The molecule has 100 valence electrons. The Morgan fingerprint density at radius 3 is 2.58 bits per heavy atom. The summed E-state index contributed by atoms with van der Waals surface area (Å²) < 4.78 is 0. The molecule has 1 aromatic carbocycles. The first-order valence-electron chi connectivity index (χ1n) is 6.15. The number of nitrogen functional groups attached to an aromatic ring is 1. The molecule has 19 heavy (non-hydrogen) atoms. The monoisotopic (exact) mass is 257 g/mol. The molecular formula is C14H19N5. The lowest BCUT2D eigenvalue weighted by Gasteiger charge is -2.09. The minimum absolute atomic E-state index is 0.409. The highest BCUT2D eigenvalue weighted by atomic mass is 15.0. The molecule has 2 rings (SSSR count). The van der Waals surface area contributed by atoms with Gasteiger partial charge < -0.3 is 16.5 Å². The fraction of sp³-hybridized carbons (Fsp3) is 0.214. The topological polar surface area (TPSA) is 87.7 Å². The third kappa shape index (κ3) is 4.06. The summed E-state index contributed by atoms with van der Waals surface area (Å²) in [6, 6.07) is 7.45. The van der Waals surface area contributed by atoms with Crippen molar-refractivity contribution < 1.29 is 0 Å². The van der Waals surface area contributed by atoms with E-state index in [1.807, 2.05) is 39.0 Å². The lowest BCUT2D eigenvalue weighted by Crippen LogP contribution is -2.00. The normalized spacial score (nSPS) is 9.21. The van der Waals surface area contributed by atoms with E-state index in [0.29, 0.717) is 11.6 Å². The van der Waals surface area contributed by atoms with E-state index in [4.69, 9.17) is 11.1 Å². The molecule has 0 saturated heterocycles. The average Bonchev–Trinajstić information content (AvgIpc) is 2.41. The fourth-order valence-electron chi connectivity index (χ4n) is 1.48. The number of nitrogens with zero attached hydrogens (tertiary/aromatic N) is 2. The molecule has 0 atom stereocenters. The Labute approximate surface area is 113 Å². The number of benzene rings is 1. The van der Waals surface area contributed by atoms with E-state index in [2.05, 4.69) is 15.3 Å². The van der Waals surface area contributed by atoms with Crippen LogP contribution >= 0.6 is 0 Å². The smallest absolute Gasteiger partial charge is 0.135 e. The molecule has 0 aliphatic rings. The zero-order valence-corrected chi connectivity index (χ0v) is 11.4. The molecule has 0 fully saturated rings. The van der Waals surface area contributed by atoms with E-state index in [9.17, 15) is 0 Å². The third-order valence-corrected chi connectivity index (χ3v) is 2.32. The molecule has 4 N–H and O–H groups in total. The molecule has 0 radical (unpaired) electrons. The summed E-state index contributed by atoms with van der Waals surface area (Å²) >= 11 is 0. The standard InChI is InChI=1S/C12H13N5.C2H6/c1-8-2-3-9(6-13)10(4-8)17-12-5-11(14)15-7-16-12;1-2/h2-7,13H,1H3,(H3,14,15,16,17);1-2H3. The van der Waals surface area contributed by atoms with Crippen LogP contribution in [0.3, 0.4) is 0 Å². The van der Waals surface area contributed by atoms with Gasteiger partial charge in [0.05, 0.1) is 0 Å². The third-order valence-electron chi connectivity index (χ3n) is 2.32. The van der Waals surface area contributed by atoms with Gasteiger partial charge in [-0.15, -0.1) is 0 Å². The number of nitrogens with two attached hydrogens (primary N) is 1. The van der Waals surface area contributed by atoms with Crippen molar-refractivity contribution in [1.82, 2.24) is 9.97 Å². The van der Waals surface area contributed by atoms with Crippen molar-refractivity contribution in [3.63, 3.8) is 0 Å². The van der Waals surface area contributed by atoms with Crippen molar-refractivity contribution in [3.05, 3.63) is 41.7 Å². The number of hydrogen-bond donors (Lipinski definition) is 3. The fourth-order valence-corrected chi connectivity index (χ4v) is 1.48. The zero-order chi connectivity index (χ0) is 14.3. The number of anilines is 3. The van der Waals surface area contributed by atoms with E-state index in [1.54, 1.807) is 6.07 Å². The molecule has 1 aromatic heterocycles. The molecule has 0 aliphatic carbocycles. The molecule has 2 aromatic rings. The molecule has 5 nitrogen and oxygen atoms in total. The highest BCUT2D eigenvalue weighted by Gasteiger charge is 2.02. The molecular weight excluding hydrogens is 238 g/mol. The van der Waals surface area contributed by atoms with Crippen molar-refractivity contribution in [2.45, 2.75) is 20.8 Å². The molecule has 0 amide bonds. The Balaban J connectivity index is 0.000000861. The van der Waals surface area contributed by atoms with Gasteiger partial charge in [-0.2, -0.15) is 0 Å². The second-order valence-electron chi connectivity index (χ2n) is 3.69. The Kier molecular flexibility index (Phi) is 5.47. The SMILES string of the molecule is CC.Cc1ccc(C=N)c(Nc2cc(N)ncn2)c1. The van der Waals surface area contributed by atoms with Gasteiger partial charge in [-0.3, -0.25) is 0 Å². The first-order chi connectivity index (χ1) is 9.19. The highest BCUT2D eigenvalue weighted by Crippen LogP contribution is 2.20. The maximum Gasteiger partial charge on any atom is 0.135 e. The Hall–Kier alpha value is -2.43. The van der Waals surface area contributed by atoms with Crippen molar-refractivity contribution in [2.75, 3.05) is 11.1 Å². The van der Waals surface area contributed by atoms with E-state index in [1.165, 1.54) is 12.5 Å². The van der Waals surface area contributed by atoms with Crippen molar-refractivity contribution >= 4 is 23.5 Å². The first kappa shape index (κ1) is 14.6. The van der Waals surface area contributed by atoms with Gasteiger partial charge in [0.1, 0.15) is 18.0 Å². The molecule has 0 saturated carbocycles. The van der Waals surface area contributed by atoms with E-state index in [0.717, 1.165) is 16.8 Å². The quantitative estimate of drug-likeness (QED) is 0.737. The summed E-state index contributed by atoms with van der Waals surface area (Å²) in [5, 5.41) is 10.5. The van der Waals surface area contributed by atoms with Crippen LogP contribution in [0.4, 0.5) is 17.3 Å². The maximum atomic E-state index is 7.34. The summed E-state index contributed by atoms with van der Waals surface area (Å²) in [6.45, 7) is 5.99. The number of aryl methyl sites for hydroxylation is 1. The van der Waals surface area contributed by atoms with E-state index < -0.39 is 0 Å². The van der Waals surface area contributed by atoms with Gasteiger partial charge >= 0.3 is 0 Å². The van der Waals surface area contributed by atoms with Crippen LogP contribution in [-0.4, -0.2) is 16.2 Å². The number of rotatable bonds is 3. The first-order valence-corrected chi connectivity index (χ1v) is 6.15. The highest BCUT2D eigenvalue weighted by molar-refractivity contribution is 5.87. The second kappa shape index (κ2) is 7.10. The predicted octanol–water partition coefficient (Wildman–Crippen LogP) is 3.13. The summed E-state index contributed by atoms with van der Waals surface area (Å²) in [7, 11) is 0. The predicted molar refractivity (Wildman–Crippen MR) is 80.1 cm³/mol. The van der Waals surface area contributed by atoms with Crippen LogP contribution in [0.5, 0.6) is 0 Å². The minimum Gasteiger partial charge on any atom is -0.384 e. The molecule has 5 heteroatoms. The zero-order valence-electron chi connectivity index (χ0n) is 11.4. The maximum absolute atomic E-state index is 7.34. The average molecular weight is 257 g/mol. The molecule has 0 aliphatic heterocycles. The van der Waals surface area contributed by atoms with E-state index in [-0.39, 0.29) is 0 Å². The number of nitrogens with one attached hydrogen (secondary N) is 2. The van der Waals surface area contributed by atoms with Crippen molar-refractivity contribution in [3.8, 4) is 0 Å². The van der Waals surface area contributed by atoms with Gasteiger partial charge in [0.25, 0.3) is 0 Å². The van der Waals surface area contributed by atoms with Crippen LogP contribution in [0.15, 0.2) is 30.6 Å². The number of aromatic nitrogens is 2. The van der Waals surface area contributed by atoms with Gasteiger partial charge in [0.15, 0.2) is 0 Å². The Bertz CT molecular complexity index is 551. The van der Waals surface area contributed by atoms with Gasteiger partial charge in [-0.25, -0.2) is 9.97 Å². The van der Waals surface area contributed by atoms with Gasteiger partial charge in [0.2, 0.25) is 0 Å².